The fourth-order valence-corrected chi connectivity index (χ4v) is 5.08. The van der Waals surface area contributed by atoms with Gasteiger partial charge in [0.05, 0.1) is 31.4 Å². The molecule has 7 heteroatoms. The highest BCUT2D eigenvalue weighted by Crippen LogP contribution is 2.43. The maximum absolute atomic E-state index is 13.2. The lowest BCUT2D eigenvalue weighted by Crippen LogP contribution is -2.33. The van der Waals surface area contributed by atoms with Crippen LogP contribution >= 0.6 is 11.3 Å². The molecule has 1 saturated heterocycles. The number of nitrogens with zero attached hydrogens (tertiary/aromatic N) is 1. The van der Waals surface area contributed by atoms with E-state index in [1.54, 1.807) is 19.2 Å². The Hall–Kier alpha value is -2.64. The number of hydrogen-bond acceptors (Lipinski definition) is 6. The molecule has 178 valence electrons. The standard InChI is InChI=1S/C26H33NO5S/c1-15(2)32-12-11-27-21(24-16(3)10-13-33-24)20(23(29)25(27)30)22(28)17-8-9-19(31-7)18(14-17)26(4,5)6/h8-10,13-15,21,28H,11-12H2,1-7H3/b22-20-. The normalized spacial score (nSPS) is 18.4. The zero-order valence-corrected chi connectivity index (χ0v) is 21.2. The third kappa shape index (κ3) is 4.99. The van der Waals surface area contributed by atoms with Crippen molar-refractivity contribution in [1.82, 2.24) is 4.90 Å². The quantitative estimate of drug-likeness (QED) is 0.341. The molecule has 1 N–H and O–H groups in total. The van der Waals surface area contributed by atoms with Crippen LogP contribution in [0.25, 0.3) is 5.76 Å². The van der Waals surface area contributed by atoms with Crippen molar-refractivity contribution < 1.29 is 24.2 Å². The molecule has 2 aromatic rings. The lowest BCUT2D eigenvalue weighted by molar-refractivity contribution is -0.140. The summed E-state index contributed by atoms with van der Waals surface area (Å²) >= 11 is 1.47. The van der Waals surface area contributed by atoms with Crippen molar-refractivity contribution in [2.24, 2.45) is 0 Å². The van der Waals surface area contributed by atoms with Gasteiger partial charge in [-0.25, -0.2) is 0 Å². The first-order valence-electron chi connectivity index (χ1n) is 11.1. The van der Waals surface area contributed by atoms with E-state index >= 15 is 0 Å². The van der Waals surface area contributed by atoms with E-state index in [4.69, 9.17) is 9.47 Å². The van der Waals surface area contributed by atoms with Crippen LogP contribution in [0.1, 0.15) is 62.2 Å². The summed E-state index contributed by atoms with van der Waals surface area (Å²) in [6.07, 6.45) is 0.0128. The van der Waals surface area contributed by atoms with Crippen molar-refractivity contribution in [1.29, 1.82) is 0 Å². The predicted octanol–water partition coefficient (Wildman–Crippen LogP) is 5.21. The van der Waals surface area contributed by atoms with E-state index in [9.17, 15) is 14.7 Å². The van der Waals surface area contributed by atoms with Crippen molar-refractivity contribution >= 4 is 28.8 Å². The molecule has 1 atom stereocenters. The van der Waals surface area contributed by atoms with Gasteiger partial charge in [0.1, 0.15) is 11.5 Å². The summed E-state index contributed by atoms with van der Waals surface area (Å²) in [5.74, 6) is -0.767. The largest absolute Gasteiger partial charge is 0.507 e. The maximum atomic E-state index is 13.2. The smallest absolute Gasteiger partial charge is 0.295 e. The lowest BCUT2D eigenvalue weighted by Gasteiger charge is -2.26. The molecule has 1 aromatic carbocycles. The molecule has 0 spiro atoms. The molecule has 0 bridgehead atoms. The molecule has 1 aliphatic rings. The Morgan fingerprint density at radius 1 is 1.21 bits per heavy atom. The number of ether oxygens (including phenoxy) is 2. The molecule has 1 amide bonds. The second-order valence-corrected chi connectivity index (χ2v) is 10.5. The van der Waals surface area contributed by atoms with Crippen LogP contribution in [0.3, 0.4) is 0 Å². The van der Waals surface area contributed by atoms with Crippen molar-refractivity contribution in [3.05, 3.63) is 56.8 Å². The minimum absolute atomic E-state index is 0.0128. The Labute approximate surface area is 199 Å². The average Bonchev–Trinajstić information content (AvgIpc) is 3.27. The molecule has 1 fully saturated rings. The first-order chi connectivity index (χ1) is 15.5. The number of hydrogen-bond donors (Lipinski definition) is 1. The van der Waals surface area contributed by atoms with Crippen LogP contribution in [-0.2, 0) is 19.7 Å². The summed E-state index contributed by atoms with van der Waals surface area (Å²) in [6.45, 7) is 12.5. The Morgan fingerprint density at radius 3 is 2.45 bits per heavy atom. The van der Waals surface area contributed by atoms with E-state index in [-0.39, 0.29) is 29.4 Å². The third-order valence-electron chi connectivity index (χ3n) is 5.75. The molecular formula is C26H33NO5S. The topological polar surface area (TPSA) is 76.1 Å². The number of aryl methyl sites for hydroxylation is 1. The monoisotopic (exact) mass is 471 g/mol. The number of rotatable bonds is 7. The minimum atomic E-state index is -0.678. The number of aliphatic hydroxyl groups is 1. The Kier molecular flexibility index (Phi) is 7.34. The number of benzene rings is 1. The van der Waals surface area contributed by atoms with Crippen LogP contribution in [0.15, 0.2) is 35.2 Å². The molecule has 0 saturated carbocycles. The number of Topliss-reactive ketones (excluding diaryl/α,β-unsaturated/α-hetero) is 1. The van der Waals surface area contributed by atoms with Gasteiger partial charge in [0.15, 0.2) is 0 Å². The first kappa shape index (κ1) is 25.0. The zero-order chi connectivity index (χ0) is 24.5. The summed E-state index contributed by atoms with van der Waals surface area (Å²) in [4.78, 5) is 28.6. The van der Waals surface area contributed by atoms with Gasteiger partial charge in [0.25, 0.3) is 11.7 Å². The van der Waals surface area contributed by atoms with Gasteiger partial charge in [-0.2, -0.15) is 0 Å². The average molecular weight is 472 g/mol. The van der Waals surface area contributed by atoms with E-state index in [2.05, 4.69) is 20.8 Å². The highest BCUT2D eigenvalue weighted by molar-refractivity contribution is 7.10. The molecule has 0 aliphatic carbocycles. The second kappa shape index (κ2) is 9.69. The van der Waals surface area contributed by atoms with Gasteiger partial charge in [0, 0.05) is 22.5 Å². The van der Waals surface area contributed by atoms with Gasteiger partial charge in [-0.05, 0) is 61.4 Å². The molecule has 6 nitrogen and oxygen atoms in total. The number of aliphatic hydroxyl groups excluding tert-OH is 1. The Bertz CT molecular complexity index is 1080. The fraction of sp³-hybridized carbons (Fsp3) is 0.462. The molecule has 3 rings (SSSR count). The molecule has 1 aliphatic heterocycles. The van der Waals surface area contributed by atoms with E-state index in [1.165, 1.54) is 16.2 Å². The number of thiophene rings is 1. The van der Waals surface area contributed by atoms with Gasteiger partial charge in [-0.1, -0.05) is 20.8 Å². The molecule has 1 unspecified atom stereocenters. The lowest BCUT2D eigenvalue weighted by atomic mass is 9.84. The van der Waals surface area contributed by atoms with Gasteiger partial charge < -0.3 is 19.5 Å². The van der Waals surface area contributed by atoms with Crippen LogP contribution < -0.4 is 4.74 Å². The van der Waals surface area contributed by atoms with Crippen molar-refractivity contribution in [3.8, 4) is 5.75 Å². The van der Waals surface area contributed by atoms with Crippen LogP contribution in [0, 0.1) is 6.92 Å². The van der Waals surface area contributed by atoms with Crippen molar-refractivity contribution in [2.45, 2.75) is 59.1 Å². The summed E-state index contributed by atoms with van der Waals surface area (Å²) in [5, 5.41) is 13.3. The summed E-state index contributed by atoms with van der Waals surface area (Å²) in [7, 11) is 1.61. The predicted molar refractivity (Wildman–Crippen MR) is 131 cm³/mol. The molecule has 1 aromatic heterocycles. The molecule has 0 radical (unpaired) electrons. The van der Waals surface area contributed by atoms with E-state index in [1.807, 2.05) is 38.3 Å². The zero-order valence-electron chi connectivity index (χ0n) is 20.4. The van der Waals surface area contributed by atoms with Gasteiger partial charge in [-0.15, -0.1) is 11.3 Å². The number of carbonyl (C=O) groups excluding carboxylic acids is 2. The van der Waals surface area contributed by atoms with Gasteiger partial charge in [-0.3, -0.25) is 9.59 Å². The van der Waals surface area contributed by atoms with Gasteiger partial charge in [0.2, 0.25) is 0 Å². The molecular weight excluding hydrogens is 438 g/mol. The number of carbonyl (C=O) groups is 2. The van der Waals surface area contributed by atoms with Gasteiger partial charge >= 0.3 is 0 Å². The number of amides is 1. The van der Waals surface area contributed by atoms with Crippen molar-refractivity contribution in [3.63, 3.8) is 0 Å². The maximum Gasteiger partial charge on any atom is 0.295 e. The minimum Gasteiger partial charge on any atom is -0.507 e. The second-order valence-electron chi connectivity index (χ2n) is 9.54. The molecule has 2 heterocycles. The van der Waals surface area contributed by atoms with Crippen LogP contribution in [0.4, 0.5) is 0 Å². The van der Waals surface area contributed by atoms with Crippen LogP contribution in [-0.4, -0.2) is 48.1 Å². The van der Waals surface area contributed by atoms with E-state index in [0.29, 0.717) is 17.9 Å². The van der Waals surface area contributed by atoms with Crippen molar-refractivity contribution in [2.75, 3.05) is 20.3 Å². The third-order valence-corrected chi connectivity index (χ3v) is 6.83. The highest BCUT2D eigenvalue weighted by Gasteiger charge is 2.47. The molecule has 33 heavy (non-hydrogen) atoms. The number of ketones is 1. The number of likely N-dealkylation sites (tertiary alicyclic amines) is 1. The van der Waals surface area contributed by atoms with Crippen LogP contribution in [0.5, 0.6) is 5.75 Å². The summed E-state index contributed by atoms with van der Waals surface area (Å²) < 4.78 is 11.2. The Balaban J connectivity index is 2.15. The summed E-state index contributed by atoms with van der Waals surface area (Å²) in [5.41, 5.74) is 2.22. The number of methoxy groups -OCH3 is 1. The Morgan fingerprint density at radius 2 is 1.91 bits per heavy atom. The highest BCUT2D eigenvalue weighted by atomic mass is 32.1. The van der Waals surface area contributed by atoms with Crippen LogP contribution in [0.2, 0.25) is 0 Å². The fourth-order valence-electron chi connectivity index (χ4n) is 4.03. The van der Waals surface area contributed by atoms with E-state index < -0.39 is 17.7 Å². The van der Waals surface area contributed by atoms with E-state index in [0.717, 1.165) is 16.0 Å². The SMILES string of the molecule is COc1ccc(/C(O)=C2/C(=O)C(=O)N(CCOC(C)C)C2c2sccc2C)cc1C(C)(C)C. The first-order valence-corrected chi connectivity index (χ1v) is 12.0. The summed E-state index contributed by atoms with van der Waals surface area (Å²) in [6, 6.07) is 6.64.